The Kier molecular flexibility index (Phi) is 6.54. The summed E-state index contributed by atoms with van der Waals surface area (Å²) in [4.78, 5) is 16.2. The average molecular weight is 387 g/mol. The van der Waals surface area contributed by atoms with Crippen molar-refractivity contribution in [1.82, 2.24) is 16.0 Å². The van der Waals surface area contributed by atoms with Gasteiger partial charge in [0, 0.05) is 37.1 Å². The zero-order chi connectivity index (χ0) is 19.1. The number of aliphatic imine (C=N–C) groups is 1. The Bertz CT molecular complexity index is 783. The summed E-state index contributed by atoms with van der Waals surface area (Å²) in [5, 5.41) is 9.90. The Balaban J connectivity index is 1.35. The number of carbonyl (C=O) groups is 1. The van der Waals surface area contributed by atoms with Crippen LogP contribution in [0.5, 0.6) is 5.75 Å². The van der Waals surface area contributed by atoms with Gasteiger partial charge in [0.05, 0.1) is 6.54 Å². The topological polar surface area (TPSA) is 74.8 Å². The van der Waals surface area contributed by atoms with Gasteiger partial charge in [-0.05, 0) is 35.9 Å². The summed E-state index contributed by atoms with van der Waals surface area (Å²) in [7, 11) is 1.71. The number of ether oxygens (including phenoxy) is 1. The molecule has 6 nitrogen and oxygen atoms in total. The van der Waals surface area contributed by atoms with Crippen LogP contribution in [0.3, 0.4) is 0 Å². The number of para-hydroxylation sites is 1. The number of amides is 1. The number of nitrogens with one attached hydrogen (secondary N) is 3. The standard InChI is InChI=1S/C20H23ClN4O2/c1-22-20(25-13-17-12-15-4-2-3-5-18(15)27-17)24-11-10-23-19(26)14-6-8-16(21)9-7-14/h2-9,17H,10-13H2,1H3,(H,23,26)(H2,22,24,25). The SMILES string of the molecule is CN=C(NCCNC(=O)c1ccc(Cl)cc1)NCC1Cc2ccccc2O1. The van der Waals surface area contributed by atoms with Crippen LogP contribution in [0.1, 0.15) is 15.9 Å². The van der Waals surface area contributed by atoms with Gasteiger partial charge in [-0.25, -0.2) is 0 Å². The number of fused-ring (bicyclic) bond motifs is 1. The van der Waals surface area contributed by atoms with Crippen molar-refractivity contribution in [3.05, 3.63) is 64.7 Å². The monoisotopic (exact) mass is 386 g/mol. The molecule has 0 radical (unpaired) electrons. The maximum atomic E-state index is 12.0. The molecule has 2 aromatic rings. The van der Waals surface area contributed by atoms with Crippen molar-refractivity contribution in [1.29, 1.82) is 0 Å². The molecule has 1 unspecified atom stereocenters. The molecule has 142 valence electrons. The van der Waals surface area contributed by atoms with Crippen molar-refractivity contribution >= 4 is 23.5 Å². The molecule has 0 saturated carbocycles. The van der Waals surface area contributed by atoms with E-state index in [0.29, 0.717) is 36.2 Å². The van der Waals surface area contributed by atoms with E-state index in [9.17, 15) is 4.79 Å². The first kappa shape index (κ1) is 19.0. The van der Waals surface area contributed by atoms with Crippen LogP contribution < -0.4 is 20.7 Å². The molecule has 1 aliphatic heterocycles. The highest BCUT2D eigenvalue weighted by molar-refractivity contribution is 6.30. The normalized spacial score (nSPS) is 15.6. The molecule has 0 aliphatic carbocycles. The van der Waals surface area contributed by atoms with E-state index in [4.69, 9.17) is 16.3 Å². The van der Waals surface area contributed by atoms with Gasteiger partial charge in [0.25, 0.3) is 5.91 Å². The first-order valence-electron chi connectivity index (χ1n) is 8.88. The number of hydrogen-bond acceptors (Lipinski definition) is 3. The number of guanidine groups is 1. The second-order valence-electron chi connectivity index (χ2n) is 6.19. The Morgan fingerprint density at radius 1 is 1.11 bits per heavy atom. The van der Waals surface area contributed by atoms with Gasteiger partial charge < -0.3 is 20.7 Å². The third-order valence-corrected chi connectivity index (χ3v) is 4.50. The van der Waals surface area contributed by atoms with Crippen LogP contribution in [-0.2, 0) is 6.42 Å². The minimum absolute atomic E-state index is 0.0885. The smallest absolute Gasteiger partial charge is 0.251 e. The number of carbonyl (C=O) groups excluding carboxylic acids is 1. The number of hydrogen-bond donors (Lipinski definition) is 3. The number of rotatable bonds is 6. The van der Waals surface area contributed by atoms with Crippen LogP contribution in [0.2, 0.25) is 5.02 Å². The molecule has 1 aliphatic rings. The summed E-state index contributed by atoms with van der Waals surface area (Å²) < 4.78 is 5.90. The van der Waals surface area contributed by atoms with E-state index >= 15 is 0 Å². The van der Waals surface area contributed by atoms with Crippen LogP contribution in [-0.4, -0.2) is 44.7 Å². The van der Waals surface area contributed by atoms with E-state index in [1.165, 1.54) is 5.56 Å². The second-order valence-corrected chi connectivity index (χ2v) is 6.63. The Morgan fingerprint density at radius 2 is 1.85 bits per heavy atom. The molecule has 2 aromatic carbocycles. The lowest BCUT2D eigenvalue weighted by Crippen LogP contribution is -2.44. The third kappa shape index (κ3) is 5.37. The summed E-state index contributed by atoms with van der Waals surface area (Å²) in [5.41, 5.74) is 1.82. The van der Waals surface area contributed by atoms with Gasteiger partial charge in [-0.2, -0.15) is 0 Å². The van der Waals surface area contributed by atoms with Gasteiger partial charge >= 0.3 is 0 Å². The van der Waals surface area contributed by atoms with Crippen molar-refractivity contribution in [2.75, 3.05) is 26.7 Å². The zero-order valence-corrected chi connectivity index (χ0v) is 15.9. The van der Waals surface area contributed by atoms with Crippen LogP contribution in [0.4, 0.5) is 0 Å². The zero-order valence-electron chi connectivity index (χ0n) is 15.2. The predicted molar refractivity (Wildman–Crippen MR) is 108 cm³/mol. The van der Waals surface area contributed by atoms with E-state index in [2.05, 4.69) is 27.0 Å². The minimum atomic E-state index is -0.131. The lowest BCUT2D eigenvalue weighted by molar-refractivity contribution is 0.0954. The van der Waals surface area contributed by atoms with Crippen molar-refractivity contribution in [3.63, 3.8) is 0 Å². The largest absolute Gasteiger partial charge is 0.488 e. The highest BCUT2D eigenvalue weighted by Crippen LogP contribution is 2.27. The fraction of sp³-hybridized carbons (Fsp3) is 0.300. The first-order valence-corrected chi connectivity index (χ1v) is 9.26. The molecule has 0 fully saturated rings. The molecule has 7 heteroatoms. The molecule has 1 atom stereocenters. The van der Waals surface area contributed by atoms with Gasteiger partial charge in [0.1, 0.15) is 11.9 Å². The van der Waals surface area contributed by atoms with Gasteiger partial charge in [-0.1, -0.05) is 29.8 Å². The fourth-order valence-corrected chi connectivity index (χ4v) is 2.99. The number of halogens is 1. The molecule has 0 aromatic heterocycles. The Labute approximate surface area is 164 Å². The maximum absolute atomic E-state index is 12.0. The molecule has 27 heavy (non-hydrogen) atoms. The quantitative estimate of drug-likeness (QED) is 0.404. The number of nitrogens with zero attached hydrogens (tertiary/aromatic N) is 1. The van der Waals surface area contributed by atoms with Gasteiger partial charge in [-0.15, -0.1) is 0 Å². The molecule has 0 spiro atoms. The van der Waals surface area contributed by atoms with E-state index < -0.39 is 0 Å². The highest BCUT2D eigenvalue weighted by Gasteiger charge is 2.22. The fourth-order valence-electron chi connectivity index (χ4n) is 2.86. The summed E-state index contributed by atoms with van der Waals surface area (Å²) in [6.07, 6.45) is 0.975. The summed E-state index contributed by atoms with van der Waals surface area (Å²) >= 11 is 5.83. The van der Waals surface area contributed by atoms with Gasteiger partial charge in [-0.3, -0.25) is 9.79 Å². The minimum Gasteiger partial charge on any atom is -0.488 e. The van der Waals surface area contributed by atoms with Crippen LogP contribution in [0, 0.1) is 0 Å². The van der Waals surface area contributed by atoms with Crippen molar-refractivity contribution in [2.45, 2.75) is 12.5 Å². The lowest BCUT2D eigenvalue weighted by Gasteiger charge is -2.15. The first-order chi connectivity index (χ1) is 13.2. The van der Waals surface area contributed by atoms with E-state index in [0.717, 1.165) is 12.2 Å². The molecular weight excluding hydrogens is 364 g/mol. The Morgan fingerprint density at radius 3 is 2.59 bits per heavy atom. The lowest BCUT2D eigenvalue weighted by atomic mass is 10.1. The molecule has 3 rings (SSSR count). The third-order valence-electron chi connectivity index (χ3n) is 4.24. The highest BCUT2D eigenvalue weighted by atomic mass is 35.5. The van der Waals surface area contributed by atoms with Crippen molar-refractivity contribution in [2.24, 2.45) is 4.99 Å². The predicted octanol–water partition coefficient (Wildman–Crippen LogP) is 2.24. The second kappa shape index (κ2) is 9.28. The van der Waals surface area contributed by atoms with Crippen molar-refractivity contribution in [3.8, 4) is 5.75 Å². The van der Waals surface area contributed by atoms with E-state index in [-0.39, 0.29) is 12.0 Å². The molecule has 1 heterocycles. The van der Waals surface area contributed by atoms with Crippen LogP contribution in [0.25, 0.3) is 0 Å². The van der Waals surface area contributed by atoms with E-state index in [1.807, 2.05) is 18.2 Å². The van der Waals surface area contributed by atoms with Crippen LogP contribution in [0.15, 0.2) is 53.5 Å². The van der Waals surface area contributed by atoms with Crippen molar-refractivity contribution < 1.29 is 9.53 Å². The molecule has 1 amide bonds. The number of benzene rings is 2. The summed E-state index contributed by atoms with van der Waals surface area (Å²) in [5.74, 6) is 1.50. The van der Waals surface area contributed by atoms with Gasteiger partial charge in [0.2, 0.25) is 0 Å². The average Bonchev–Trinajstić information content (AvgIpc) is 3.10. The Hall–Kier alpha value is -2.73. The summed E-state index contributed by atoms with van der Waals surface area (Å²) in [6, 6.07) is 14.9. The maximum Gasteiger partial charge on any atom is 0.251 e. The molecule has 0 saturated heterocycles. The van der Waals surface area contributed by atoms with Gasteiger partial charge in [0.15, 0.2) is 5.96 Å². The van der Waals surface area contributed by atoms with E-state index in [1.54, 1.807) is 31.3 Å². The summed E-state index contributed by atoms with van der Waals surface area (Å²) in [6.45, 7) is 1.70. The molecule has 0 bridgehead atoms. The van der Waals surface area contributed by atoms with Crippen LogP contribution >= 0.6 is 11.6 Å². The molecular formula is C20H23ClN4O2. The molecule has 3 N–H and O–H groups in total.